The lowest BCUT2D eigenvalue weighted by atomic mass is 10.0. The van der Waals surface area contributed by atoms with E-state index in [0.29, 0.717) is 0 Å². The zero-order valence-electron chi connectivity index (χ0n) is 12.8. The largest absolute Gasteiger partial charge is 0.480 e. The van der Waals surface area contributed by atoms with Gasteiger partial charge in [-0.3, -0.25) is 9.59 Å². The Morgan fingerprint density at radius 3 is 2.27 bits per heavy atom. The van der Waals surface area contributed by atoms with Crippen LogP contribution in [0.2, 0.25) is 0 Å². The number of hydrogen-bond acceptors (Lipinski definition) is 3. The first-order valence-corrected chi connectivity index (χ1v) is 7.23. The first kappa shape index (κ1) is 17.7. The fourth-order valence-corrected chi connectivity index (χ4v) is 1.92. The van der Waals surface area contributed by atoms with Gasteiger partial charge in [0, 0.05) is 13.0 Å². The van der Waals surface area contributed by atoms with E-state index >= 15 is 0 Å². The highest BCUT2D eigenvalue weighted by atomic mass is 16.4. The fourth-order valence-electron chi connectivity index (χ4n) is 1.92. The first-order chi connectivity index (χ1) is 10.4. The molecule has 120 valence electrons. The highest BCUT2D eigenvalue weighted by molar-refractivity contribution is 5.84. The van der Waals surface area contributed by atoms with E-state index in [2.05, 4.69) is 10.6 Å². The summed E-state index contributed by atoms with van der Waals surface area (Å²) in [6.45, 7) is 3.63. The molecule has 0 saturated carbocycles. The molecule has 0 spiro atoms. The van der Waals surface area contributed by atoms with Crippen molar-refractivity contribution < 1.29 is 19.5 Å². The Morgan fingerprint density at radius 1 is 1.09 bits per heavy atom. The molecule has 1 atom stereocenters. The maximum Gasteiger partial charge on any atom is 0.326 e. The van der Waals surface area contributed by atoms with Crippen molar-refractivity contribution >= 4 is 17.8 Å². The normalized spacial score (nSPS) is 11.8. The van der Waals surface area contributed by atoms with Crippen molar-refractivity contribution in [2.45, 2.75) is 32.7 Å². The van der Waals surface area contributed by atoms with Gasteiger partial charge >= 0.3 is 5.97 Å². The van der Waals surface area contributed by atoms with Crippen LogP contribution >= 0.6 is 0 Å². The first-order valence-electron chi connectivity index (χ1n) is 7.23. The van der Waals surface area contributed by atoms with E-state index in [1.165, 1.54) is 0 Å². The molecule has 0 radical (unpaired) electrons. The molecule has 0 aromatic heterocycles. The summed E-state index contributed by atoms with van der Waals surface area (Å²) in [6, 6.07) is 8.38. The molecule has 0 aliphatic carbocycles. The SMILES string of the molecule is CC(C)C(NC(=O)CCNC(=O)Cc1ccccc1)C(=O)O. The molecular weight excluding hydrogens is 284 g/mol. The van der Waals surface area contributed by atoms with E-state index in [1.807, 2.05) is 30.3 Å². The highest BCUT2D eigenvalue weighted by Crippen LogP contribution is 2.02. The molecule has 6 heteroatoms. The molecule has 6 nitrogen and oxygen atoms in total. The second-order valence-corrected chi connectivity index (χ2v) is 5.39. The number of carboxylic acids is 1. The zero-order valence-corrected chi connectivity index (χ0v) is 12.8. The molecule has 22 heavy (non-hydrogen) atoms. The minimum atomic E-state index is -1.06. The Hall–Kier alpha value is -2.37. The number of amides is 2. The molecule has 0 saturated heterocycles. The van der Waals surface area contributed by atoms with Crippen molar-refractivity contribution in [3.05, 3.63) is 35.9 Å². The van der Waals surface area contributed by atoms with Crippen molar-refractivity contribution in [3.63, 3.8) is 0 Å². The van der Waals surface area contributed by atoms with Crippen molar-refractivity contribution in [2.75, 3.05) is 6.54 Å². The Labute approximate surface area is 129 Å². The van der Waals surface area contributed by atoms with Crippen LogP contribution in [-0.4, -0.2) is 35.5 Å². The number of rotatable bonds is 8. The second kappa shape index (κ2) is 8.81. The Balaban J connectivity index is 2.30. The summed E-state index contributed by atoms with van der Waals surface area (Å²) >= 11 is 0. The molecule has 0 aliphatic heterocycles. The summed E-state index contributed by atoms with van der Waals surface area (Å²) in [5.74, 6) is -1.82. The zero-order chi connectivity index (χ0) is 16.5. The maximum absolute atomic E-state index is 11.7. The average Bonchev–Trinajstić information content (AvgIpc) is 2.45. The molecule has 0 heterocycles. The quantitative estimate of drug-likeness (QED) is 0.666. The molecular formula is C16H22N2O4. The van der Waals surface area contributed by atoms with Gasteiger partial charge in [-0.1, -0.05) is 44.2 Å². The summed E-state index contributed by atoms with van der Waals surface area (Å²) < 4.78 is 0. The number of carbonyl (C=O) groups excluding carboxylic acids is 2. The highest BCUT2D eigenvalue weighted by Gasteiger charge is 2.23. The van der Waals surface area contributed by atoms with Gasteiger partial charge in [-0.25, -0.2) is 4.79 Å². The monoisotopic (exact) mass is 306 g/mol. The summed E-state index contributed by atoms with van der Waals surface area (Å²) in [4.78, 5) is 34.3. The predicted molar refractivity (Wildman–Crippen MR) is 82.2 cm³/mol. The molecule has 1 aromatic rings. The van der Waals surface area contributed by atoms with Crippen LogP contribution in [0.15, 0.2) is 30.3 Å². The Morgan fingerprint density at radius 2 is 1.73 bits per heavy atom. The number of aliphatic carboxylic acids is 1. The van der Waals surface area contributed by atoms with Gasteiger partial charge in [0.25, 0.3) is 0 Å². The minimum Gasteiger partial charge on any atom is -0.480 e. The van der Waals surface area contributed by atoms with Gasteiger partial charge in [0.2, 0.25) is 11.8 Å². The van der Waals surface area contributed by atoms with E-state index < -0.39 is 12.0 Å². The van der Waals surface area contributed by atoms with Gasteiger partial charge in [0.1, 0.15) is 6.04 Å². The fraction of sp³-hybridized carbons (Fsp3) is 0.438. The van der Waals surface area contributed by atoms with Crippen LogP contribution in [0, 0.1) is 5.92 Å². The molecule has 0 aliphatic rings. The lowest BCUT2D eigenvalue weighted by molar-refractivity contribution is -0.143. The number of carbonyl (C=O) groups is 3. The molecule has 0 bridgehead atoms. The number of carboxylic acid groups (broad SMARTS) is 1. The van der Waals surface area contributed by atoms with Crippen LogP contribution < -0.4 is 10.6 Å². The minimum absolute atomic E-state index is 0.0526. The Kier molecular flexibility index (Phi) is 7.08. The van der Waals surface area contributed by atoms with E-state index in [1.54, 1.807) is 13.8 Å². The third-order valence-corrected chi connectivity index (χ3v) is 3.13. The molecule has 3 N–H and O–H groups in total. The van der Waals surface area contributed by atoms with E-state index in [-0.39, 0.29) is 37.1 Å². The second-order valence-electron chi connectivity index (χ2n) is 5.39. The summed E-state index contributed by atoms with van der Waals surface area (Å²) in [6.07, 6.45) is 0.309. The van der Waals surface area contributed by atoms with Crippen molar-refractivity contribution in [1.29, 1.82) is 0 Å². The van der Waals surface area contributed by atoms with Gasteiger partial charge in [0.15, 0.2) is 0 Å². The summed E-state index contributed by atoms with van der Waals surface area (Å²) in [7, 11) is 0. The van der Waals surface area contributed by atoms with E-state index in [4.69, 9.17) is 5.11 Å². The van der Waals surface area contributed by atoms with Crippen LogP contribution in [-0.2, 0) is 20.8 Å². The van der Waals surface area contributed by atoms with Gasteiger partial charge < -0.3 is 15.7 Å². The van der Waals surface area contributed by atoms with Crippen LogP contribution in [0.25, 0.3) is 0 Å². The summed E-state index contributed by atoms with van der Waals surface area (Å²) in [5.41, 5.74) is 0.898. The summed E-state index contributed by atoms with van der Waals surface area (Å²) in [5, 5.41) is 14.1. The smallest absolute Gasteiger partial charge is 0.326 e. The number of benzene rings is 1. The van der Waals surface area contributed by atoms with Crippen LogP contribution in [0.1, 0.15) is 25.8 Å². The molecule has 1 aromatic carbocycles. The number of nitrogens with one attached hydrogen (secondary N) is 2. The predicted octanol–water partition coefficient (Wildman–Crippen LogP) is 0.961. The van der Waals surface area contributed by atoms with Gasteiger partial charge in [0.05, 0.1) is 6.42 Å². The van der Waals surface area contributed by atoms with E-state index in [0.717, 1.165) is 5.56 Å². The van der Waals surface area contributed by atoms with Crippen LogP contribution in [0.3, 0.4) is 0 Å². The topological polar surface area (TPSA) is 95.5 Å². The number of hydrogen-bond donors (Lipinski definition) is 3. The standard InChI is InChI=1S/C16H22N2O4/c1-11(2)15(16(21)22)18-13(19)8-9-17-14(20)10-12-6-4-3-5-7-12/h3-7,11,15H,8-10H2,1-2H3,(H,17,20)(H,18,19)(H,21,22). The van der Waals surface area contributed by atoms with Crippen molar-refractivity contribution in [1.82, 2.24) is 10.6 Å². The Bertz CT molecular complexity index is 514. The van der Waals surface area contributed by atoms with E-state index in [9.17, 15) is 14.4 Å². The molecule has 0 fully saturated rings. The molecule has 1 rings (SSSR count). The van der Waals surface area contributed by atoms with Gasteiger partial charge in [-0.2, -0.15) is 0 Å². The molecule has 1 unspecified atom stereocenters. The van der Waals surface area contributed by atoms with Crippen LogP contribution in [0.4, 0.5) is 0 Å². The lowest BCUT2D eigenvalue weighted by Crippen LogP contribution is -2.45. The third kappa shape index (κ3) is 6.39. The lowest BCUT2D eigenvalue weighted by Gasteiger charge is -2.17. The average molecular weight is 306 g/mol. The van der Waals surface area contributed by atoms with Crippen LogP contribution in [0.5, 0.6) is 0 Å². The van der Waals surface area contributed by atoms with Crippen molar-refractivity contribution in [3.8, 4) is 0 Å². The van der Waals surface area contributed by atoms with Gasteiger partial charge in [-0.15, -0.1) is 0 Å². The molecule has 2 amide bonds. The van der Waals surface area contributed by atoms with Gasteiger partial charge in [-0.05, 0) is 11.5 Å². The van der Waals surface area contributed by atoms with Crippen molar-refractivity contribution in [2.24, 2.45) is 5.92 Å². The third-order valence-electron chi connectivity index (χ3n) is 3.13. The maximum atomic E-state index is 11.7.